The molecule has 0 aliphatic carbocycles. The van der Waals surface area contributed by atoms with Gasteiger partial charge in [0.15, 0.2) is 17.7 Å². The molecule has 0 bridgehead atoms. The van der Waals surface area contributed by atoms with Gasteiger partial charge in [-0.2, -0.15) is 0 Å². The molecule has 17 heteroatoms. The molecule has 1 N–H and O–H groups in total. The number of carbonyl (C=O) groups is 4. The SMILES string of the molecule is CC[C@H]1OC(=O)[C@@](C)(F)C(=O)[C@H](C)[C@@H](O[C@@H]2O[C@H](C)C[C@H](N(C)C)[C@H]2O)[C@](C)(OC)C[C@@H](C)C(=O)[C@H](C)[C@H]2N(CCCCn3cc(-c4cccs4)nn3)C(=O)O[C@]12C. The van der Waals surface area contributed by atoms with E-state index in [1.807, 2.05) is 49.6 Å². The second-order valence-electron chi connectivity index (χ2n) is 17.1. The summed E-state index contributed by atoms with van der Waals surface area (Å²) in [6.45, 7) is 13.3. The number of rotatable bonds is 11. The highest BCUT2D eigenvalue weighted by Crippen LogP contribution is 2.44. The van der Waals surface area contributed by atoms with Gasteiger partial charge in [-0.3, -0.25) is 14.3 Å². The number of ether oxygens (including phenoxy) is 5. The van der Waals surface area contributed by atoms with E-state index in [0.29, 0.717) is 25.8 Å². The Balaban J connectivity index is 1.47. The monoisotopic (exact) mass is 835 g/mol. The number of carbonyl (C=O) groups excluding carboxylic acids is 4. The van der Waals surface area contributed by atoms with E-state index in [9.17, 15) is 24.3 Å². The van der Waals surface area contributed by atoms with E-state index in [1.165, 1.54) is 18.9 Å². The highest BCUT2D eigenvalue weighted by atomic mass is 32.1. The Morgan fingerprint density at radius 3 is 2.38 bits per heavy atom. The Bertz CT molecular complexity index is 1760. The number of methoxy groups -OCH3 is 1. The van der Waals surface area contributed by atoms with Gasteiger partial charge in [0.25, 0.3) is 5.67 Å². The standard InChI is InChI=1S/C41H62FN5O10S/c1-12-30-41(8)33(47(38(52)57-41)18-14-13-17-46-22-27(43-44-46)29-16-15-19-58-29)25(4)31(48)23(2)21-39(6,53-11)35(26(5)34(50)40(7,42)37(51)55-30)56-36-32(49)28(45(9)10)20-24(3)54-36/h15-16,19,22-26,28,30,32-33,35-36,49H,12-14,17-18,20-21H2,1-11H3/t23-,24-,25+,26+,28+,30-,32-,33-,35-,36+,39-,40+,41-/m1/s1. The van der Waals surface area contributed by atoms with Crippen LogP contribution in [-0.4, -0.2) is 141 Å². The number of cyclic esters (lactones) is 1. The van der Waals surface area contributed by atoms with Gasteiger partial charge in [0.1, 0.15) is 23.7 Å². The maximum absolute atomic E-state index is 16.9. The highest BCUT2D eigenvalue weighted by Gasteiger charge is 2.61. The third-order valence-electron chi connectivity index (χ3n) is 12.5. The molecular formula is C41H62FN5O10S. The van der Waals surface area contributed by atoms with E-state index >= 15 is 4.39 Å². The van der Waals surface area contributed by atoms with Crippen molar-refractivity contribution in [2.45, 2.75) is 154 Å². The fraction of sp³-hybridized carbons (Fsp3) is 0.756. The average molecular weight is 836 g/mol. The number of aromatic nitrogens is 3. The van der Waals surface area contributed by atoms with Crippen molar-refractivity contribution in [1.82, 2.24) is 24.8 Å². The van der Waals surface area contributed by atoms with Crippen molar-refractivity contribution in [3.05, 3.63) is 23.7 Å². The fourth-order valence-electron chi connectivity index (χ4n) is 9.21. The molecule has 5 heterocycles. The summed E-state index contributed by atoms with van der Waals surface area (Å²) >= 11 is 1.57. The Labute approximate surface area is 344 Å². The lowest BCUT2D eigenvalue weighted by atomic mass is 9.73. The summed E-state index contributed by atoms with van der Waals surface area (Å²) in [5.41, 5.74) is -5.44. The van der Waals surface area contributed by atoms with Crippen molar-refractivity contribution in [2.24, 2.45) is 17.8 Å². The van der Waals surface area contributed by atoms with Crippen LogP contribution in [0.15, 0.2) is 23.7 Å². The van der Waals surface area contributed by atoms with Crippen LogP contribution in [0.2, 0.25) is 0 Å². The number of alkyl halides is 1. The lowest BCUT2D eigenvalue weighted by molar-refractivity contribution is -0.295. The van der Waals surface area contributed by atoms with Gasteiger partial charge in [0, 0.05) is 44.0 Å². The van der Waals surface area contributed by atoms with Gasteiger partial charge >= 0.3 is 12.1 Å². The molecule has 0 spiro atoms. The Morgan fingerprint density at radius 1 is 1.07 bits per heavy atom. The topological polar surface area (TPSA) is 172 Å². The number of hydrogen-bond acceptors (Lipinski definition) is 14. The predicted molar refractivity (Wildman–Crippen MR) is 212 cm³/mol. The number of Topliss-reactive ketones (excluding diaryl/α,β-unsaturated/α-hetero) is 2. The fourth-order valence-corrected chi connectivity index (χ4v) is 9.89. The van der Waals surface area contributed by atoms with Gasteiger partial charge in [-0.25, -0.2) is 14.0 Å². The van der Waals surface area contributed by atoms with Crippen molar-refractivity contribution < 1.29 is 52.4 Å². The van der Waals surface area contributed by atoms with Crippen molar-refractivity contribution >= 4 is 35.0 Å². The second kappa shape index (κ2) is 18.1. The number of fused-ring (bicyclic) bond motifs is 1. The van der Waals surface area contributed by atoms with E-state index in [1.54, 1.807) is 50.6 Å². The molecule has 3 aliphatic heterocycles. The van der Waals surface area contributed by atoms with E-state index in [2.05, 4.69) is 10.3 Å². The van der Waals surface area contributed by atoms with Gasteiger partial charge in [-0.05, 0) is 85.3 Å². The molecule has 2 aromatic rings. The molecule has 324 valence electrons. The first-order valence-electron chi connectivity index (χ1n) is 20.3. The largest absolute Gasteiger partial charge is 0.455 e. The molecule has 1 amide bonds. The minimum Gasteiger partial charge on any atom is -0.455 e. The number of halogens is 1. The van der Waals surface area contributed by atoms with E-state index in [0.717, 1.165) is 17.5 Å². The molecule has 0 aromatic carbocycles. The molecule has 0 unspecified atom stereocenters. The molecule has 58 heavy (non-hydrogen) atoms. The summed E-state index contributed by atoms with van der Waals surface area (Å²) in [5.74, 6) is -5.79. The predicted octanol–water partition coefficient (Wildman–Crippen LogP) is 5.08. The lowest BCUT2D eigenvalue weighted by Gasteiger charge is -2.47. The maximum atomic E-state index is 16.9. The second-order valence-corrected chi connectivity index (χ2v) is 18.1. The van der Waals surface area contributed by atoms with Gasteiger partial charge in [0.05, 0.1) is 34.9 Å². The van der Waals surface area contributed by atoms with Crippen LogP contribution in [0.3, 0.4) is 0 Å². The Hall–Kier alpha value is -3.35. The Kier molecular flexibility index (Phi) is 14.3. The van der Waals surface area contributed by atoms with Crippen LogP contribution in [-0.2, 0) is 44.6 Å². The number of unbranched alkanes of at least 4 members (excludes halogenated alkanes) is 1. The highest BCUT2D eigenvalue weighted by molar-refractivity contribution is 7.13. The number of thiophene rings is 1. The minimum atomic E-state index is -3.18. The quantitative estimate of drug-likeness (QED) is 0.181. The zero-order valence-corrected chi connectivity index (χ0v) is 36.5. The number of ketones is 2. The number of hydrogen-bond donors (Lipinski definition) is 1. The third-order valence-corrected chi connectivity index (χ3v) is 13.4. The first kappa shape index (κ1) is 45.7. The van der Waals surface area contributed by atoms with Crippen LogP contribution < -0.4 is 0 Å². The average Bonchev–Trinajstić information content (AvgIpc) is 3.94. The number of likely N-dealkylation sites (N-methyl/N-ethyl adjacent to an activating group) is 1. The molecule has 3 fully saturated rings. The third kappa shape index (κ3) is 9.04. The zero-order chi connectivity index (χ0) is 42.9. The van der Waals surface area contributed by atoms with Crippen LogP contribution in [0.4, 0.5) is 9.18 Å². The molecule has 5 rings (SSSR count). The van der Waals surface area contributed by atoms with Crippen molar-refractivity contribution in [3.63, 3.8) is 0 Å². The summed E-state index contributed by atoms with van der Waals surface area (Å²) in [4.78, 5) is 61.0. The normalized spacial score (nSPS) is 38.1. The van der Waals surface area contributed by atoms with E-state index in [-0.39, 0.29) is 37.3 Å². The summed E-state index contributed by atoms with van der Waals surface area (Å²) in [6.07, 6.45) is -2.37. The van der Waals surface area contributed by atoms with Crippen LogP contribution in [0.1, 0.15) is 87.5 Å². The Morgan fingerprint density at radius 2 is 1.76 bits per heavy atom. The summed E-state index contributed by atoms with van der Waals surface area (Å²) in [5, 5.41) is 21.9. The van der Waals surface area contributed by atoms with E-state index in [4.69, 9.17) is 23.7 Å². The van der Waals surface area contributed by atoms with Crippen LogP contribution in [0.5, 0.6) is 0 Å². The number of esters is 1. The number of aliphatic hydroxyl groups is 1. The van der Waals surface area contributed by atoms with Gasteiger partial charge in [-0.15, -0.1) is 16.4 Å². The minimum absolute atomic E-state index is 0.00130. The summed E-state index contributed by atoms with van der Waals surface area (Å²) in [7, 11) is 5.05. The van der Waals surface area contributed by atoms with Crippen molar-refractivity contribution in [1.29, 1.82) is 0 Å². The summed E-state index contributed by atoms with van der Waals surface area (Å²) in [6, 6.07) is 2.63. The first-order chi connectivity index (χ1) is 27.2. The van der Waals surface area contributed by atoms with Gasteiger partial charge in [-0.1, -0.05) is 39.0 Å². The zero-order valence-electron chi connectivity index (χ0n) is 35.7. The molecule has 3 aliphatic rings. The number of amides is 1. The molecule has 3 saturated heterocycles. The van der Waals surface area contributed by atoms with Crippen LogP contribution in [0.25, 0.3) is 10.6 Å². The number of aryl methyl sites for hydroxylation is 1. The van der Waals surface area contributed by atoms with Crippen molar-refractivity contribution in [3.8, 4) is 10.6 Å². The molecule has 2 aromatic heterocycles. The smallest absolute Gasteiger partial charge is 0.410 e. The number of aliphatic hydroxyl groups excluding tert-OH is 1. The molecular weight excluding hydrogens is 774 g/mol. The molecule has 13 atom stereocenters. The lowest BCUT2D eigenvalue weighted by Crippen LogP contribution is -2.61. The number of nitrogens with zero attached hydrogens (tertiary/aromatic N) is 5. The van der Waals surface area contributed by atoms with Crippen LogP contribution in [0, 0.1) is 17.8 Å². The van der Waals surface area contributed by atoms with Crippen LogP contribution >= 0.6 is 11.3 Å². The van der Waals surface area contributed by atoms with Gasteiger partial charge < -0.3 is 38.6 Å². The molecule has 0 saturated carbocycles. The maximum Gasteiger partial charge on any atom is 0.410 e. The molecule has 15 nitrogen and oxygen atoms in total. The molecule has 0 radical (unpaired) electrons. The first-order valence-corrected chi connectivity index (χ1v) is 21.2. The van der Waals surface area contributed by atoms with Gasteiger partial charge in [0.2, 0.25) is 0 Å². The van der Waals surface area contributed by atoms with Crippen molar-refractivity contribution in [2.75, 3.05) is 27.7 Å². The van der Waals surface area contributed by atoms with E-state index < -0.39 is 83.1 Å². The summed E-state index contributed by atoms with van der Waals surface area (Å²) < 4.78 is 49.2.